The number of ether oxygens (including phenoxy) is 1. The summed E-state index contributed by atoms with van der Waals surface area (Å²) in [5, 5.41) is 3.65. The van der Waals surface area contributed by atoms with E-state index in [0.29, 0.717) is 6.04 Å². The molecule has 0 atom stereocenters. The Labute approximate surface area is 109 Å². The van der Waals surface area contributed by atoms with Gasteiger partial charge in [-0.25, -0.2) is 0 Å². The molecular formula is C15H33NO. The summed E-state index contributed by atoms with van der Waals surface area (Å²) in [5.74, 6) is 0. The minimum Gasteiger partial charge on any atom is -0.380 e. The van der Waals surface area contributed by atoms with Crippen LogP contribution in [0.1, 0.15) is 72.1 Å². The Morgan fingerprint density at radius 2 is 1.47 bits per heavy atom. The summed E-state index contributed by atoms with van der Waals surface area (Å²) in [5.41, 5.74) is 0. The first kappa shape index (κ1) is 16.9. The van der Waals surface area contributed by atoms with Crippen molar-refractivity contribution < 1.29 is 4.74 Å². The summed E-state index contributed by atoms with van der Waals surface area (Å²) in [7, 11) is 0. The highest BCUT2D eigenvalue weighted by molar-refractivity contribution is 4.67. The van der Waals surface area contributed by atoms with Gasteiger partial charge in [-0.05, 0) is 19.8 Å². The van der Waals surface area contributed by atoms with Gasteiger partial charge < -0.3 is 10.1 Å². The lowest BCUT2D eigenvalue weighted by Crippen LogP contribution is -2.32. The molecule has 104 valence electrons. The van der Waals surface area contributed by atoms with E-state index in [9.17, 15) is 0 Å². The molecule has 1 N–H and O–H groups in total. The van der Waals surface area contributed by atoms with Gasteiger partial charge in [-0.2, -0.15) is 0 Å². The van der Waals surface area contributed by atoms with E-state index in [1.807, 2.05) is 0 Å². The van der Waals surface area contributed by atoms with Gasteiger partial charge in [0.2, 0.25) is 0 Å². The highest BCUT2D eigenvalue weighted by Crippen LogP contribution is 2.10. The van der Waals surface area contributed by atoms with Crippen LogP contribution in [0.15, 0.2) is 0 Å². The third-order valence-electron chi connectivity index (χ3n) is 3.20. The molecule has 0 aromatic heterocycles. The molecule has 0 bridgehead atoms. The Hall–Kier alpha value is -0.0800. The monoisotopic (exact) mass is 243 g/mol. The van der Waals surface area contributed by atoms with E-state index in [1.54, 1.807) is 0 Å². The van der Waals surface area contributed by atoms with Gasteiger partial charge >= 0.3 is 0 Å². The van der Waals surface area contributed by atoms with Crippen molar-refractivity contribution in [2.45, 2.75) is 78.2 Å². The molecule has 0 amide bonds. The van der Waals surface area contributed by atoms with Crippen molar-refractivity contribution in [1.29, 1.82) is 0 Å². The molecule has 2 heteroatoms. The number of nitrogens with one attached hydrogen (secondary N) is 1. The Morgan fingerprint density at radius 3 is 1.94 bits per heavy atom. The van der Waals surface area contributed by atoms with Gasteiger partial charge in [0.25, 0.3) is 0 Å². The highest BCUT2D eigenvalue weighted by Gasteiger charge is 2.06. The molecule has 17 heavy (non-hydrogen) atoms. The van der Waals surface area contributed by atoms with Crippen LogP contribution >= 0.6 is 0 Å². The third-order valence-corrected chi connectivity index (χ3v) is 3.20. The SMILES string of the molecule is CCCCCC(CCCCC)NCCOCC. The van der Waals surface area contributed by atoms with Crippen molar-refractivity contribution in [1.82, 2.24) is 5.32 Å². The minimum absolute atomic E-state index is 0.716. The predicted octanol–water partition coefficient (Wildman–Crippen LogP) is 4.14. The molecule has 0 aromatic rings. The van der Waals surface area contributed by atoms with Gasteiger partial charge in [-0.3, -0.25) is 0 Å². The van der Waals surface area contributed by atoms with Crippen LogP contribution in [-0.2, 0) is 4.74 Å². The first-order chi connectivity index (χ1) is 8.35. The zero-order valence-electron chi connectivity index (χ0n) is 12.3. The summed E-state index contributed by atoms with van der Waals surface area (Å²) < 4.78 is 5.37. The van der Waals surface area contributed by atoms with Crippen LogP contribution in [0.3, 0.4) is 0 Å². The Balaban J connectivity index is 3.60. The van der Waals surface area contributed by atoms with E-state index in [2.05, 4.69) is 26.1 Å². The third kappa shape index (κ3) is 12.2. The molecule has 0 fully saturated rings. The topological polar surface area (TPSA) is 21.3 Å². The van der Waals surface area contributed by atoms with Crippen LogP contribution in [0.4, 0.5) is 0 Å². The average molecular weight is 243 g/mol. The molecule has 0 saturated carbocycles. The Kier molecular flexibility index (Phi) is 13.9. The second kappa shape index (κ2) is 14.0. The standard InChI is InChI=1S/C15H33NO/c1-4-7-9-11-15(12-10-8-5-2)16-13-14-17-6-3/h15-16H,4-14H2,1-3H3. The number of hydrogen-bond acceptors (Lipinski definition) is 2. The Morgan fingerprint density at radius 1 is 0.882 bits per heavy atom. The van der Waals surface area contributed by atoms with Crippen molar-refractivity contribution in [2.24, 2.45) is 0 Å². The first-order valence-corrected chi connectivity index (χ1v) is 7.66. The van der Waals surface area contributed by atoms with E-state index in [0.717, 1.165) is 19.8 Å². The van der Waals surface area contributed by atoms with Gasteiger partial charge in [0.1, 0.15) is 0 Å². The van der Waals surface area contributed by atoms with Crippen molar-refractivity contribution >= 4 is 0 Å². The molecule has 0 radical (unpaired) electrons. The van der Waals surface area contributed by atoms with E-state index in [-0.39, 0.29) is 0 Å². The van der Waals surface area contributed by atoms with E-state index >= 15 is 0 Å². The molecule has 0 saturated heterocycles. The maximum Gasteiger partial charge on any atom is 0.0590 e. The number of hydrogen-bond donors (Lipinski definition) is 1. The molecule has 0 unspecified atom stereocenters. The van der Waals surface area contributed by atoms with Crippen LogP contribution in [0.5, 0.6) is 0 Å². The molecule has 0 aromatic carbocycles. The van der Waals surface area contributed by atoms with Crippen molar-refractivity contribution in [3.05, 3.63) is 0 Å². The minimum atomic E-state index is 0.716. The second-order valence-corrected chi connectivity index (χ2v) is 4.84. The van der Waals surface area contributed by atoms with Crippen molar-refractivity contribution in [3.8, 4) is 0 Å². The van der Waals surface area contributed by atoms with Crippen LogP contribution in [0, 0.1) is 0 Å². The van der Waals surface area contributed by atoms with Gasteiger partial charge in [-0.15, -0.1) is 0 Å². The molecule has 0 heterocycles. The molecule has 0 aliphatic rings. The second-order valence-electron chi connectivity index (χ2n) is 4.84. The van der Waals surface area contributed by atoms with Crippen LogP contribution in [0.25, 0.3) is 0 Å². The Bertz CT molecular complexity index is 129. The lowest BCUT2D eigenvalue weighted by molar-refractivity contribution is 0.145. The lowest BCUT2D eigenvalue weighted by atomic mass is 10.0. The quantitative estimate of drug-likeness (QED) is 0.491. The van der Waals surface area contributed by atoms with Gasteiger partial charge in [0.05, 0.1) is 6.61 Å². The van der Waals surface area contributed by atoms with E-state index in [4.69, 9.17) is 4.74 Å². The summed E-state index contributed by atoms with van der Waals surface area (Å²) in [6.45, 7) is 9.30. The van der Waals surface area contributed by atoms with Crippen molar-refractivity contribution in [2.75, 3.05) is 19.8 Å². The molecule has 0 rings (SSSR count). The zero-order chi connectivity index (χ0) is 12.8. The summed E-state index contributed by atoms with van der Waals surface area (Å²) in [6.07, 6.45) is 10.8. The van der Waals surface area contributed by atoms with Gasteiger partial charge in [0.15, 0.2) is 0 Å². The zero-order valence-corrected chi connectivity index (χ0v) is 12.3. The van der Waals surface area contributed by atoms with Gasteiger partial charge in [-0.1, -0.05) is 52.4 Å². The fraction of sp³-hybridized carbons (Fsp3) is 1.00. The number of unbranched alkanes of at least 4 members (excludes halogenated alkanes) is 4. The maximum atomic E-state index is 5.37. The first-order valence-electron chi connectivity index (χ1n) is 7.66. The fourth-order valence-corrected chi connectivity index (χ4v) is 2.11. The summed E-state index contributed by atoms with van der Waals surface area (Å²) in [4.78, 5) is 0. The largest absolute Gasteiger partial charge is 0.380 e. The number of rotatable bonds is 13. The van der Waals surface area contributed by atoms with Crippen LogP contribution in [0.2, 0.25) is 0 Å². The molecular weight excluding hydrogens is 210 g/mol. The van der Waals surface area contributed by atoms with Crippen molar-refractivity contribution in [3.63, 3.8) is 0 Å². The van der Waals surface area contributed by atoms with Crippen LogP contribution in [-0.4, -0.2) is 25.8 Å². The maximum absolute atomic E-state index is 5.37. The lowest BCUT2D eigenvalue weighted by Gasteiger charge is -2.18. The summed E-state index contributed by atoms with van der Waals surface area (Å²) >= 11 is 0. The molecule has 2 nitrogen and oxygen atoms in total. The highest BCUT2D eigenvalue weighted by atomic mass is 16.5. The fourth-order valence-electron chi connectivity index (χ4n) is 2.11. The van der Waals surface area contributed by atoms with Crippen LogP contribution < -0.4 is 5.32 Å². The van der Waals surface area contributed by atoms with Gasteiger partial charge in [0, 0.05) is 19.2 Å². The smallest absolute Gasteiger partial charge is 0.0590 e. The predicted molar refractivity (Wildman–Crippen MR) is 76.6 cm³/mol. The van der Waals surface area contributed by atoms with E-state index < -0.39 is 0 Å². The average Bonchev–Trinajstić information content (AvgIpc) is 2.34. The summed E-state index contributed by atoms with van der Waals surface area (Å²) in [6, 6.07) is 0.716. The normalized spacial score (nSPS) is 11.3. The molecule has 0 aliphatic carbocycles. The molecule has 0 spiro atoms. The van der Waals surface area contributed by atoms with E-state index in [1.165, 1.54) is 51.4 Å². The molecule has 0 aliphatic heterocycles.